The normalized spacial score (nSPS) is 33.1. The van der Waals surface area contributed by atoms with Crippen LogP contribution >= 0.6 is 0 Å². The molecule has 0 aromatic heterocycles. The maximum Gasteiger partial charge on any atom is 0.123 e. The topological polar surface area (TPSA) is 26.7 Å². The molecule has 28 heavy (non-hydrogen) atoms. The van der Waals surface area contributed by atoms with Gasteiger partial charge in [-0.15, -0.1) is 0 Å². The second kappa shape index (κ2) is 9.23. The molecule has 3 fully saturated rings. The van der Waals surface area contributed by atoms with Crippen LogP contribution in [0.2, 0.25) is 0 Å². The highest BCUT2D eigenvalue weighted by molar-refractivity contribution is 5.26. The lowest BCUT2D eigenvalue weighted by Crippen LogP contribution is -2.53. The quantitative estimate of drug-likeness (QED) is 0.810. The summed E-state index contributed by atoms with van der Waals surface area (Å²) in [6, 6.07) is 6.73. The molecule has 1 saturated carbocycles. The van der Waals surface area contributed by atoms with Crippen molar-refractivity contribution in [1.29, 1.82) is 0 Å². The highest BCUT2D eigenvalue weighted by atomic mass is 19.1. The Bertz CT molecular complexity index is 580. The van der Waals surface area contributed by atoms with Crippen LogP contribution in [0.4, 0.5) is 4.39 Å². The molecule has 1 aromatic rings. The number of nitrogens with zero attached hydrogens (tertiary/aromatic N) is 2. The van der Waals surface area contributed by atoms with E-state index in [4.69, 9.17) is 0 Å². The minimum Gasteiger partial charge on any atom is -0.384 e. The van der Waals surface area contributed by atoms with Gasteiger partial charge in [0.2, 0.25) is 0 Å². The molecule has 1 aliphatic carbocycles. The van der Waals surface area contributed by atoms with Gasteiger partial charge in [0.15, 0.2) is 0 Å². The van der Waals surface area contributed by atoms with Crippen molar-refractivity contribution in [3.63, 3.8) is 0 Å². The largest absolute Gasteiger partial charge is 0.384 e. The summed E-state index contributed by atoms with van der Waals surface area (Å²) in [5, 5.41) is 12.2. The summed E-state index contributed by atoms with van der Waals surface area (Å²) in [6.45, 7) is 6.59. The number of likely N-dealkylation sites (tertiary alicyclic amines) is 2. The van der Waals surface area contributed by atoms with E-state index in [1.54, 1.807) is 0 Å². The van der Waals surface area contributed by atoms with Crippen LogP contribution in [0.25, 0.3) is 0 Å². The number of halogens is 1. The van der Waals surface area contributed by atoms with Gasteiger partial charge in [0.1, 0.15) is 5.82 Å². The Morgan fingerprint density at radius 2 is 1.21 bits per heavy atom. The summed E-state index contributed by atoms with van der Waals surface area (Å²) in [4.78, 5) is 5.12. The molecule has 2 heterocycles. The molecule has 2 atom stereocenters. The van der Waals surface area contributed by atoms with Crippen molar-refractivity contribution in [2.24, 2.45) is 11.8 Å². The summed E-state index contributed by atoms with van der Waals surface area (Å²) >= 11 is 0. The summed E-state index contributed by atoms with van der Waals surface area (Å²) in [5.74, 6) is 0.252. The number of benzene rings is 1. The van der Waals surface area contributed by atoms with Gasteiger partial charge in [-0.05, 0) is 82.4 Å². The third-order valence-corrected chi connectivity index (χ3v) is 7.51. The van der Waals surface area contributed by atoms with E-state index in [9.17, 15) is 9.50 Å². The number of rotatable bonds is 5. The molecule has 0 bridgehead atoms. The van der Waals surface area contributed by atoms with E-state index in [0.29, 0.717) is 0 Å². The molecule has 1 aromatic carbocycles. The molecule has 2 unspecified atom stereocenters. The van der Waals surface area contributed by atoms with E-state index in [2.05, 4.69) is 9.80 Å². The Labute approximate surface area is 169 Å². The molecule has 2 aliphatic heterocycles. The van der Waals surface area contributed by atoms with Gasteiger partial charge < -0.3 is 14.9 Å². The first kappa shape index (κ1) is 20.3. The van der Waals surface area contributed by atoms with Crippen molar-refractivity contribution in [1.82, 2.24) is 9.80 Å². The number of hydrogen-bond acceptors (Lipinski definition) is 3. The lowest BCUT2D eigenvalue weighted by atomic mass is 9.64. The van der Waals surface area contributed by atoms with Crippen molar-refractivity contribution in [2.45, 2.75) is 63.4 Å². The van der Waals surface area contributed by atoms with E-state index in [-0.39, 0.29) is 17.7 Å². The predicted octanol–water partition coefficient (Wildman–Crippen LogP) is 4.40. The van der Waals surface area contributed by atoms with Crippen molar-refractivity contribution in [3.05, 3.63) is 35.6 Å². The van der Waals surface area contributed by atoms with Crippen molar-refractivity contribution < 1.29 is 9.50 Å². The van der Waals surface area contributed by atoms with Crippen LogP contribution in [0.3, 0.4) is 0 Å². The van der Waals surface area contributed by atoms with Crippen LogP contribution in [-0.4, -0.2) is 54.2 Å². The Kier molecular flexibility index (Phi) is 6.70. The fraction of sp³-hybridized carbons (Fsp3) is 0.750. The fourth-order valence-corrected chi connectivity index (χ4v) is 5.94. The molecular formula is C24H37FN2O. The second-order valence-corrected chi connectivity index (χ2v) is 9.38. The second-order valence-electron chi connectivity index (χ2n) is 9.38. The molecule has 3 nitrogen and oxygen atoms in total. The number of aliphatic hydroxyl groups is 1. The lowest BCUT2D eigenvalue weighted by molar-refractivity contribution is -0.119. The first-order chi connectivity index (χ1) is 13.7. The van der Waals surface area contributed by atoms with Gasteiger partial charge in [-0.2, -0.15) is 0 Å². The molecule has 0 radical (unpaired) electrons. The maximum absolute atomic E-state index is 13.6. The van der Waals surface area contributed by atoms with Crippen molar-refractivity contribution >= 4 is 0 Å². The zero-order chi connectivity index (χ0) is 19.4. The van der Waals surface area contributed by atoms with Crippen molar-refractivity contribution in [2.75, 3.05) is 39.3 Å². The van der Waals surface area contributed by atoms with Crippen LogP contribution in [0.15, 0.2) is 24.3 Å². The third kappa shape index (κ3) is 4.44. The summed E-state index contributed by atoms with van der Waals surface area (Å²) in [5.41, 5.74) is 0.0820. The average molecular weight is 389 g/mol. The van der Waals surface area contributed by atoms with Crippen LogP contribution in [0, 0.1) is 17.7 Å². The standard InChI is InChI=1S/C24H37FN2O/c25-23-12-10-20(11-13-23)24(28)21(18-26-14-3-1-4-15-26)8-7-9-22(24)19-27-16-5-2-6-17-27/h10-13,21-22,28H,1-9,14-19H2. The van der Waals surface area contributed by atoms with E-state index in [1.165, 1.54) is 57.1 Å². The average Bonchev–Trinajstić information content (AvgIpc) is 2.73. The Hall–Kier alpha value is -0.970. The Morgan fingerprint density at radius 3 is 1.68 bits per heavy atom. The molecule has 3 aliphatic rings. The molecule has 0 spiro atoms. The van der Waals surface area contributed by atoms with E-state index < -0.39 is 5.60 Å². The first-order valence-corrected chi connectivity index (χ1v) is 11.6. The van der Waals surface area contributed by atoms with Gasteiger partial charge in [-0.3, -0.25) is 0 Å². The third-order valence-electron chi connectivity index (χ3n) is 7.51. The van der Waals surface area contributed by atoms with Gasteiger partial charge >= 0.3 is 0 Å². The highest BCUT2D eigenvalue weighted by Crippen LogP contribution is 2.47. The fourth-order valence-electron chi connectivity index (χ4n) is 5.94. The van der Waals surface area contributed by atoms with E-state index in [0.717, 1.165) is 57.7 Å². The van der Waals surface area contributed by atoms with E-state index >= 15 is 0 Å². The maximum atomic E-state index is 13.6. The zero-order valence-electron chi connectivity index (χ0n) is 17.3. The van der Waals surface area contributed by atoms with Crippen LogP contribution < -0.4 is 0 Å². The minimum absolute atomic E-state index is 0.219. The highest BCUT2D eigenvalue weighted by Gasteiger charge is 2.48. The van der Waals surface area contributed by atoms with Crippen LogP contribution in [0.5, 0.6) is 0 Å². The van der Waals surface area contributed by atoms with E-state index in [1.807, 2.05) is 12.1 Å². The van der Waals surface area contributed by atoms with Crippen LogP contribution in [0.1, 0.15) is 63.4 Å². The molecule has 156 valence electrons. The molecular weight excluding hydrogens is 351 g/mol. The number of piperidine rings is 2. The van der Waals surface area contributed by atoms with Gasteiger partial charge in [-0.1, -0.05) is 31.4 Å². The zero-order valence-corrected chi connectivity index (χ0v) is 17.3. The lowest BCUT2D eigenvalue weighted by Gasteiger charge is -2.49. The SMILES string of the molecule is OC1(c2ccc(F)cc2)C(CN2CCCCC2)CCCC1CN1CCCCC1. The van der Waals surface area contributed by atoms with Crippen molar-refractivity contribution in [3.8, 4) is 0 Å². The van der Waals surface area contributed by atoms with Gasteiger partial charge in [0.25, 0.3) is 0 Å². The monoisotopic (exact) mass is 388 g/mol. The van der Waals surface area contributed by atoms with Gasteiger partial charge in [-0.25, -0.2) is 4.39 Å². The Balaban J connectivity index is 1.58. The summed E-state index contributed by atoms with van der Waals surface area (Å²) in [6.07, 6.45) is 11.1. The molecule has 4 rings (SSSR count). The molecule has 2 saturated heterocycles. The summed E-state index contributed by atoms with van der Waals surface area (Å²) in [7, 11) is 0. The predicted molar refractivity (Wildman–Crippen MR) is 112 cm³/mol. The minimum atomic E-state index is -0.846. The summed E-state index contributed by atoms with van der Waals surface area (Å²) < 4.78 is 13.6. The van der Waals surface area contributed by atoms with Crippen LogP contribution in [-0.2, 0) is 5.60 Å². The number of hydrogen-bond donors (Lipinski definition) is 1. The molecule has 0 amide bonds. The first-order valence-electron chi connectivity index (χ1n) is 11.6. The van der Waals surface area contributed by atoms with Gasteiger partial charge in [0.05, 0.1) is 5.60 Å². The molecule has 4 heteroatoms. The van der Waals surface area contributed by atoms with Gasteiger partial charge in [0, 0.05) is 24.9 Å². The smallest absolute Gasteiger partial charge is 0.123 e. The molecule has 1 N–H and O–H groups in total. The Morgan fingerprint density at radius 1 is 0.750 bits per heavy atom.